The topological polar surface area (TPSA) is 98.0 Å². The molecular weight excluding hydrogens is 574 g/mol. The number of benzene rings is 5. The van der Waals surface area contributed by atoms with Crippen molar-refractivity contribution in [3.8, 4) is 45.3 Å². The summed E-state index contributed by atoms with van der Waals surface area (Å²) in [5, 5.41) is 22.9. The number of aromatic hydroxyl groups is 2. The summed E-state index contributed by atoms with van der Waals surface area (Å²) in [5.74, 6) is 0.697. The SMILES string of the molecule is COc1cc(-c2ccc3c(ccn3S(=O)(=O)c3ccc(C)cc3)c2)c(C)c(O)c1-c1ccc(OCc2ccccc2)c(O)c1. The molecule has 8 heteroatoms. The highest BCUT2D eigenvalue weighted by Gasteiger charge is 2.22. The van der Waals surface area contributed by atoms with Crippen LogP contribution in [0.3, 0.4) is 0 Å². The Morgan fingerprint density at radius 2 is 1.50 bits per heavy atom. The van der Waals surface area contributed by atoms with Gasteiger partial charge in [-0.15, -0.1) is 0 Å². The van der Waals surface area contributed by atoms with E-state index >= 15 is 0 Å². The number of ether oxygens (including phenoxy) is 2. The fourth-order valence-corrected chi connectivity index (χ4v) is 6.68. The summed E-state index contributed by atoms with van der Waals surface area (Å²) in [7, 11) is -2.25. The molecule has 0 amide bonds. The van der Waals surface area contributed by atoms with Gasteiger partial charge in [0.25, 0.3) is 10.0 Å². The second-order valence-corrected chi connectivity index (χ2v) is 12.4. The van der Waals surface area contributed by atoms with Crippen molar-refractivity contribution in [2.45, 2.75) is 25.3 Å². The Hall–Kier alpha value is -5.21. The van der Waals surface area contributed by atoms with E-state index in [1.54, 1.807) is 60.8 Å². The van der Waals surface area contributed by atoms with Gasteiger partial charge in [-0.05, 0) is 90.2 Å². The van der Waals surface area contributed by atoms with Gasteiger partial charge in [-0.1, -0.05) is 60.2 Å². The van der Waals surface area contributed by atoms with Crippen LogP contribution >= 0.6 is 0 Å². The van der Waals surface area contributed by atoms with E-state index in [-0.39, 0.29) is 16.4 Å². The van der Waals surface area contributed by atoms with Crippen LogP contribution in [0.15, 0.2) is 114 Å². The largest absolute Gasteiger partial charge is 0.507 e. The minimum absolute atomic E-state index is 0.0105. The third-order valence-corrected chi connectivity index (χ3v) is 9.47. The minimum Gasteiger partial charge on any atom is -0.507 e. The molecule has 0 bridgehead atoms. The normalized spacial score (nSPS) is 11.5. The fraction of sp³-hybridized carbons (Fsp3) is 0.111. The maximum atomic E-state index is 13.4. The fourth-order valence-electron chi connectivity index (χ4n) is 5.33. The van der Waals surface area contributed by atoms with Crippen LogP contribution in [0.1, 0.15) is 16.7 Å². The van der Waals surface area contributed by atoms with Crippen LogP contribution < -0.4 is 9.47 Å². The molecule has 44 heavy (non-hydrogen) atoms. The average molecular weight is 606 g/mol. The number of phenols is 2. The second-order valence-electron chi connectivity index (χ2n) is 10.6. The van der Waals surface area contributed by atoms with Crippen LogP contribution in [0.25, 0.3) is 33.2 Å². The molecule has 0 spiro atoms. The van der Waals surface area contributed by atoms with E-state index in [9.17, 15) is 18.6 Å². The van der Waals surface area contributed by atoms with Crippen LogP contribution in [0.5, 0.6) is 23.0 Å². The highest BCUT2D eigenvalue weighted by Crippen LogP contribution is 2.46. The summed E-state index contributed by atoms with van der Waals surface area (Å²) in [6, 6.07) is 30.5. The molecule has 5 aromatic carbocycles. The zero-order valence-electron chi connectivity index (χ0n) is 24.5. The molecule has 2 N–H and O–H groups in total. The zero-order chi connectivity index (χ0) is 31.0. The quantitative estimate of drug-likeness (QED) is 0.184. The number of fused-ring (bicyclic) bond motifs is 1. The minimum atomic E-state index is -3.78. The highest BCUT2D eigenvalue weighted by molar-refractivity contribution is 7.90. The molecule has 0 fully saturated rings. The molecule has 0 saturated carbocycles. The van der Waals surface area contributed by atoms with Crippen molar-refractivity contribution in [2.24, 2.45) is 0 Å². The van der Waals surface area contributed by atoms with Crippen LogP contribution in [0, 0.1) is 13.8 Å². The number of rotatable bonds is 8. The van der Waals surface area contributed by atoms with Crippen LogP contribution in [-0.4, -0.2) is 29.7 Å². The molecule has 0 aliphatic heterocycles. The molecule has 7 nitrogen and oxygen atoms in total. The molecule has 0 aliphatic rings. The summed E-state index contributed by atoms with van der Waals surface area (Å²) >= 11 is 0. The molecule has 1 aromatic heterocycles. The van der Waals surface area contributed by atoms with E-state index in [0.717, 1.165) is 27.6 Å². The molecule has 0 atom stereocenters. The van der Waals surface area contributed by atoms with E-state index in [4.69, 9.17) is 9.47 Å². The van der Waals surface area contributed by atoms with E-state index < -0.39 is 10.0 Å². The first-order valence-corrected chi connectivity index (χ1v) is 15.5. The van der Waals surface area contributed by atoms with Gasteiger partial charge in [0.1, 0.15) is 18.1 Å². The van der Waals surface area contributed by atoms with E-state index in [1.165, 1.54) is 11.1 Å². The lowest BCUT2D eigenvalue weighted by molar-refractivity contribution is 0.289. The first-order valence-electron chi connectivity index (χ1n) is 14.0. The monoisotopic (exact) mass is 605 g/mol. The predicted octanol–water partition coefficient (Wildman–Crippen LogP) is 7.83. The Kier molecular flexibility index (Phi) is 7.53. The smallest absolute Gasteiger partial charge is 0.268 e. The first-order chi connectivity index (χ1) is 21.2. The summed E-state index contributed by atoms with van der Waals surface area (Å²) in [5.41, 5.74) is 5.62. The predicted molar refractivity (Wildman–Crippen MR) is 172 cm³/mol. The van der Waals surface area contributed by atoms with Gasteiger partial charge in [0.05, 0.1) is 23.1 Å². The lowest BCUT2D eigenvalue weighted by Crippen LogP contribution is -2.11. The lowest BCUT2D eigenvalue weighted by Gasteiger charge is -2.18. The van der Waals surface area contributed by atoms with Gasteiger partial charge in [0, 0.05) is 11.6 Å². The van der Waals surface area contributed by atoms with Gasteiger partial charge in [0.2, 0.25) is 0 Å². The van der Waals surface area contributed by atoms with Gasteiger partial charge in [-0.2, -0.15) is 0 Å². The van der Waals surface area contributed by atoms with Crippen molar-refractivity contribution in [3.63, 3.8) is 0 Å². The number of phenolic OH excluding ortho intramolecular Hbond substituents is 2. The Labute approximate surface area is 256 Å². The molecule has 6 rings (SSSR count). The molecule has 0 aliphatic carbocycles. The Bertz CT molecular complexity index is 2100. The van der Waals surface area contributed by atoms with Crippen LogP contribution in [0.2, 0.25) is 0 Å². The summed E-state index contributed by atoms with van der Waals surface area (Å²) in [4.78, 5) is 0.215. The number of methoxy groups -OCH3 is 1. The number of aryl methyl sites for hydroxylation is 1. The van der Waals surface area contributed by atoms with Crippen LogP contribution in [0.4, 0.5) is 0 Å². The molecule has 1 heterocycles. The van der Waals surface area contributed by atoms with Gasteiger partial charge >= 0.3 is 0 Å². The van der Waals surface area contributed by atoms with Gasteiger partial charge in [-0.25, -0.2) is 12.4 Å². The molecule has 6 aromatic rings. The molecule has 0 unspecified atom stereocenters. The first kappa shape index (κ1) is 28.9. The second kappa shape index (κ2) is 11.5. The van der Waals surface area contributed by atoms with Crippen molar-refractivity contribution in [1.29, 1.82) is 0 Å². The van der Waals surface area contributed by atoms with Crippen molar-refractivity contribution >= 4 is 20.9 Å². The maximum absolute atomic E-state index is 13.4. The van der Waals surface area contributed by atoms with E-state index in [1.807, 2.05) is 62.4 Å². The lowest BCUT2D eigenvalue weighted by atomic mass is 9.92. The van der Waals surface area contributed by atoms with Gasteiger partial charge < -0.3 is 19.7 Å². The number of hydrogen-bond donors (Lipinski definition) is 2. The number of hydrogen-bond acceptors (Lipinski definition) is 6. The summed E-state index contributed by atoms with van der Waals surface area (Å²) in [6.45, 7) is 4.02. The summed E-state index contributed by atoms with van der Waals surface area (Å²) in [6.07, 6.45) is 1.55. The summed E-state index contributed by atoms with van der Waals surface area (Å²) < 4.78 is 39.5. The molecule has 0 radical (unpaired) electrons. The van der Waals surface area contributed by atoms with Crippen molar-refractivity contribution in [3.05, 3.63) is 126 Å². The molecular formula is C36H31NO6S. The average Bonchev–Trinajstić information content (AvgIpc) is 3.47. The highest BCUT2D eigenvalue weighted by atomic mass is 32.2. The Balaban J connectivity index is 1.34. The van der Waals surface area contributed by atoms with Gasteiger partial charge in [0.15, 0.2) is 11.5 Å². The molecule has 222 valence electrons. The van der Waals surface area contributed by atoms with Gasteiger partial charge in [-0.3, -0.25) is 0 Å². The number of nitrogens with zero attached hydrogens (tertiary/aromatic N) is 1. The standard InChI is InChI=1S/C36H31NO6S/c1-23-9-13-29(14-10-23)44(40,41)37-18-17-27-19-26(11-15-31(27)37)30-21-34(42-3)35(36(39)24(30)2)28-12-16-33(32(38)20-28)43-22-25-7-5-4-6-8-25/h4-21,38-39H,22H2,1-3H3. The third-order valence-electron chi connectivity index (χ3n) is 7.77. The maximum Gasteiger partial charge on any atom is 0.268 e. The zero-order valence-corrected chi connectivity index (χ0v) is 25.3. The van der Waals surface area contributed by atoms with Crippen molar-refractivity contribution in [1.82, 2.24) is 3.97 Å². The molecule has 0 saturated heterocycles. The Morgan fingerprint density at radius 1 is 0.773 bits per heavy atom. The van der Waals surface area contributed by atoms with Crippen molar-refractivity contribution < 1.29 is 28.1 Å². The van der Waals surface area contributed by atoms with Crippen LogP contribution in [-0.2, 0) is 16.6 Å². The number of aromatic nitrogens is 1. The van der Waals surface area contributed by atoms with E-state index in [0.29, 0.717) is 40.3 Å². The third kappa shape index (κ3) is 5.24. The Morgan fingerprint density at radius 3 is 2.20 bits per heavy atom. The van der Waals surface area contributed by atoms with E-state index in [2.05, 4.69) is 0 Å². The van der Waals surface area contributed by atoms with Crippen molar-refractivity contribution in [2.75, 3.05) is 7.11 Å².